The summed E-state index contributed by atoms with van der Waals surface area (Å²) in [6.07, 6.45) is 8.00. The Morgan fingerprint density at radius 3 is 3.15 bits per heavy atom. The van der Waals surface area contributed by atoms with E-state index in [4.69, 9.17) is 0 Å². The average Bonchev–Trinajstić information content (AvgIpc) is 2.67. The van der Waals surface area contributed by atoms with Gasteiger partial charge < -0.3 is 10.2 Å². The molecule has 0 radical (unpaired) electrons. The summed E-state index contributed by atoms with van der Waals surface area (Å²) < 4.78 is 12.3. The van der Waals surface area contributed by atoms with Gasteiger partial charge in [0, 0.05) is 37.4 Å². The number of nitrogens with one attached hydrogen (secondary N) is 1. The second-order valence-corrected chi connectivity index (χ2v) is 7.18. The minimum absolute atomic E-state index is 0.0689. The monoisotopic (exact) mass is 357 g/mol. The Balaban J connectivity index is 1.44. The van der Waals surface area contributed by atoms with Crippen molar-refractivity contribution in [1.29, 1.82) is 0 Å². The van der Waals surface area contributed by atoms with Gasteiger partial charge in [0.05, 0.1) is 13.1 Å². The number of alkyl halides is 1. The highest BCUT2D eigenvalue weighted by atomic mass is 19.1. The number of likely N-dealkylation sites (tertiary alicyclic amines) is 1. The molecule has 1 aromatic heterocycles. The molecular formula is C21H28FN3O. The number of pyridine rings is 1. The molecule has 1 atom stereocenters. The predicted octanol–water partition coefficient (Wildman–Crippen LogP) is 3.36. The standard InChI is InChI=1S/C21H28FN3O/c22-9-3-13-25-12-2-4-17(16-25)7-11-24-21(26)14-18-5-1-6-19-15-23-10-8-20(18)19/h1,5-6,8,10,15,17H,2-4,7,9,11-14,16H2,(H,24,26). The number of rotatable bonds is 8. The van der Waals surface area contributed by atoms with E-state index in [1.807, 2.05) is 30.5 Å². The molecule has 0 bridgehead atoms. The number of aromatic nitrogens is 1. The van der Waals surface area contributed by atoms with Crippen molar-refractivity contribution in [2.45, 2.75) is 32.1 Å². The van der Waals surface area contributed by atoms with Crippen molar-refractivity contribution >= 4 is 16.7 Å². The zero-order chi connectivity index (χ0) is 18.2. The van der Waals surface area contributed by atoms with Crippen molar-refractivity contribution in [3.05, 3.63) is 42.2 Å². The average molecular weight is 357 g/mol. The summed E-state index contributed by atoms with van der Waals surface area (Å²) in [5.74, 6) is 0.673. The molecule has 1 unspecified atom stereocenters. The smallest absolute Gasteiger partial charge is 0.224 e. The van der Waals surface area contributed by atoms with E-state index in [1.165, 1.54) is 12.8 Å². The molecule has 0 aliphatic carbocycles. The van der Waals surface area contributed by atoms with E-state index in [9.17, 15) is 9.18 Å². The number of carbonyl (C=O) groups is 1. The second-order valence-electron chi connectivity index (χ2n) is 7.18. The molecule has 140 valence electrons. The van der Waals surface area contributed by atoms with Gasteiger partial charge in [0.1, 0.15) is 0 Å². The van der Waals surface area contributed by atoms with Gasteiger partial charge in [-0.15, -0.1) is 0 Å². The Morgan fingerprint density at radius 2 is 2.27 bits per heavy atom. The molecule has 2 heterocycles. The number of hydrogen-bond acceptors (Lipinski definition) is 3. The molecule has 3 rings (SSSR count). The van der Waals surface area contributed by atoms with Gasteiger partial charge in [-0.3, -0.25) is 14.2 Å². The minimum Gasteiger partial charge on any atom is -0.356 e. The summed E-state index contributed by atoms with van der Waals surface area (Å²) in [6.45, 7) is 3.45. The number of nitrogens with zero attached hydrogens (tertiary/aromatic N) is 2. The van der Waals surface area contributed by atoms with Crippen LogP contribution in [0.15, 0.2) is 36.7 Å². The summed E-state index contributed by atoms with van der Waals surface area (Å²) in [6, 6.07) is 7.96. The van der Waals surface area contributed by atoms with Crippen LogP contribution in [-0.4, -0.2) is 48.6 Å². The summed E-state index contributed by atoms with van der Waals surface area (Å²) in [4.78, 5) is 18.8. The fraction of sp³-hybridized carbons (Fsp3) is 0.524. The zero-order valence-corrected chi connectivity index (χ0v) is 15.3. The molecule has 1 aliphatic heterocycles. The minimum atomic E-state index is -0.235. The van der Waals surface area contributed by atoms with Crippen LogP contribution in [-0.2, 0) is 11.2 Å². The van der Waals surface area contributed by atoms with E-state index in [2.05, 4.69) is 15.2 Å². The molecule has 1 aliphatic rings. The first kappa shape index (κ1) is 18.8. The van der Waals surface area contributed by atoms with E-state index in [-0.39, 0.29) is 12.6 Å². The lowest BCUT2D eigenvalue weighted by molar-refractivity contribution is -0.120. The topological polar surface area (TPSA) is 45.2 Å². The Hall–Kier alpha value is -2.01. The number of amides is 1. The summed E-state index contributed by atoms with van der Waals surface area (Å²) in [5.41, 5.74) is 1.04. The van der Waals surface area contributed by atoms with Gasteiger partial charge in [-0.1, -0.05) is 18.2 Å². The normalized spacial score (nSPS) is 18.1. The first-order valence-corrected chi connectivity index (χ1v) is 9.63. The van der Waals surface area contributed by atoms with Gasteiger partial charge in [-0.25, -0.2) is 0 Å². The van der Waals surface area contributed by atoms with Crippen LogP contribution >= 0.6 is 0 Å². The first-order chi connectivity index (χ1) is 12.8. The highest BCUT2D eigenvalue weighted by molar-refractivity contribution is 5.89. The highest BCUT2D eigenvalue weighted by Gasteiger charge is 2.19. The van der Waals surface area contributed by atoms with Gasteiger partial charge >= 0.3 is 0 Å². The van der Waals surface area contributed by atoms with Crippen LogP contribution in [0.1, 0.15) is 31.2 Å². The van der Waals surface area contributed by atoms with Crippen LogP contribution in [0.2, 0.25) is 0 Å². The SMILES string of the molecule is O=C(Cc1cccc2cnccc12)NCCC1CCCN(CCCF)C1. The molecule has 4 nitrogen and oxygen atoms in total. The Kier molecular flexibility index (Phi) is 6.95. The van der Waals surface area contributed by atoms with Crippen molar-refractivity contribution in [3.8, 4) is 0 Å². The van der Waals surface area contributed by atoms with Gasteiger partial charge in [0.15, 0.2) is 0 Å². The summed E-state index contributed by atoms with van der Waals surface area (Å²) in [7, 11) is 0. The van der Waals surface area contributed by atoms with E-state index >= 15 is 0 Å². The molecule has 1 N–H and O–H groups in total. The maximum absolute atomic E-state index is 12.3. The molecule has 26 heavy (non-hydrogen) atoms. The number of benzene rings is 1. The van der Waals surface area contributed by atoms with Crippen LogP contribution in [0.3, 0.4) is 0 Å². The molecule has 1 saturated heterocycles. The van der Waals surface area contributed by atoms with Gasteiger partial charge in [-0.2, -0.15) is 0 Å². The third-order valence-corrected chi connectivity index (χ3v) is 5.21. The van der Waals surface area contributed by atoms with Crippen molar-refractivity contribution in [2.75, 3.05) is 32.9 Å². The van der Waals surface area contributed by atoms with E-state index < -0.39 is 0 Å². The van der Waals surface area contributed by atoms with E-state index in [1.54, 1.807) is 6.20 Å². The number of hydrogen-bond donors (Lipinski definition) is 1. The quantitative estimate of drug-likeness (QED) is 0.788. The van der Waals surface area contributed by atoms with Crippen LogP contribution in [0.4, 0.5) is 4.39 Å². The molecular weight excluding hydrogens is 329 g/mol. The summed E-state index contributed by atoms with van der Waals surface area (Å²) in [5, 5.41) is 5.22. The van der Waals surface area contributed by atoms with Crippen LogP contribution in [0, 0.1) is 5.92 Å². The lowest BCUT2D eigenvalue weighted by Crippen LogP contribution is -2.38. The number of fused-ring (bicyclic) bond motifs is 1. The lowest BCUT2D eigenvalue weighted by Gasteiger charge is -2.32. The largest absolute Gasteiger partial charge is 0.356 e. The molecule has 0 saturated carbocycles. The maximum atomic E-state index is 12.3. The molecule has 1 fully saturated rings. The zero-order valence-electron chi connectivity index (χ0n) is 15.3. The van der Waals surface area contributed by atoms with E-state index in [0.717, 1.165) is 42.4 Å². The Morgan fingerprint density at radius 1 is 1.35 bits per heavy atom. The van der Waals surface area contributed by atoms with Crippen molar-refractivity contribution in [2.24, 2.45) is 5.92 Å². The third kappa shape index (κ3) is 5.24. The molecule has 0 spiro atoms. The van der Waals surface area contributed by atoms with Crippen LogP contribution < -0.4 is 5.32 Å². The fourth-order valence-corrected chi connectivity index (χ4v) is 3.87. The van der Waals surface area contributed by atoms with Crippen LogP contribution in [0.25, 0.3) is 10.8 Å². The number of halogens is 1. The lowest BCUT2D eigenvalue weighted by atomic mass is 9.94. The number of piperidine rings is 1. The number of carbonyl (C=O) groups excluding carboxylic acids is 1. The van der Waals surface area contributed by atoms with Gasteiger partial charge in [0.2, 0.25) is 5.91 Å². The third-order valence-electron chi connectivity index (χ3n) is 5.21. The Bertz CT molecular complexity index is 716. The van der Waals surface area contributed by atoms with Crippen LogP contribution in [0.5, 0.6) is 0 Å². The van der Waals surface area contributed by atoms with E-state index in [0.29, 0.717) is 25.3 Å². The Labute approximate surface area is 154 Å². The second kappa shape index (κ2) is 9.62. The predicted molar refractivity (Wildman–Crippen MR) is 103 cm³/mol. The van der Waals surface area contributed by atoms with Crippen molar-refractivity contribution in [1.82, 2.24) is 15.2 Å². The summed E-state index contributed by atoms with van der Waals surface area (Å²) >= 11 is 0. The molecule has 1 amide bonds. The van der Waals surface area contributed by atoms with Gasteiger partial charge in [0.25, 0.3) is 0 Å². The highest BCUT2D eigenvalue weighted by Crippen LogP contribution is 2.20. The molecule has 5 heteroatoms. The maximum Gasteiger partial charge on any atom is 0.224 e. The van der Waals surface area contributed by atoms with Gasteiger partial charge in [-0.05, 0) is 55.2 Å². The van der Waals surface area contributed by atoms with Crippen molar-refractivity contribution < 1.29 is 9.18 Å². The van der Waals surface area contributed by atoms with Crippen molar-refractivity contribution in [3.63, 3.8) is 0 Å². The fourth-order valence-electron chi connectivity index (χ4n) is 3.87. The first-order valence-electron chi connectivity index (χ1n) is 9.63. The molecule has 2 aromatic rings. The molecule has 1 aromatic carbocycles.